The fourth-order valence-corrected chi connectivity index (χ4v) is 4.50. The Morgan fingerprint density at radius 3 is 2.48 bits per heavy atom. The average Bonchev–Trinajstić information content (AvgIpc) is 3.17. The van der Waals surface area contributed by atoms with Crippen LogP contribution in [0, 0.1) is 5.41 Å². The van der Waals surface area contributed by atoms with Crippen LogP contribution in [0.2, 0.25) is 0 Å². The standard InChI is InChI=1S/C17H30N4O3S/c1-5-14-13(15(6-2)24-21-14)10-19-16(18-7-3)20-11-17(8-9-17)12-25(4,22)23/h5-12H2,1-4H3,(H2,18,19,20). The molecular formula is C17H30N4O3S. The number of sulfone groups is 1. The first kappa shape index (κ1) is 19.8. The van der Waals surface area contributed by atoms with E-state index in [-0.39, 0.29) is 11.2 Å². The zero-order valence-electron chi connectivity index (χ0n) is 15.7. The molecule has 0 amide bonds. The van der Waals surface area contributed by atoms with Gasteiger partial charge in [-0.3, -0.25) is 0 Å². The Labute approximate surface area is 150 Å². The number of rotatable bonds is 9. The number of nitrogens with zero attached hydrogens (tertiary/aromatic N) is 2. The lowest BCUT2D eigenvalue weighted by Gasteiger charge is -2.17. The highest BCUT2D eigenvalue weighted by Crippen LogP contribution is 2.45. The van der Waals surface area contributed by atoms with E-state index in [1.165, 1.54) is 6.26 Å². The monoisotopic (exact) mass is 370 g/mol. The molecule has 0 bridgehead atoms. The van der Waals surface area contributed by atoms with Crippen LogP contribution >= 0.6 is 0 Å². The van der Waals surface area contributed by atoms with Crippen LogP contribution in [0.15, 0.2) is 9.52 Å². The fourth-order valence-electron chi connectivity index (χ4n) is 2.99. The maximum Gasteiger partial charge on any atom is 0.191 e. The Bertz CT molecular complexity index is 684. The highest BCUT2D eigenvalue weighted by molar-refractivity contribution is 7.90. The van der Waals surface area contributed by atoms with Crippen LogP contribution < -0.4 is 10.6 Å². The second-order valence-corrected chi connectivity index (χ2v) is 9.00. The molecule has 2 N–H and O–H groups in total. The second kappa shape index (κ2) is 8.21. The quantitative estimate of drug-likeness (QED) is 0.507. The average molecular weight is 371 g/mol. The highest BCUT2D eigenvalue weighted by Gasteiger charge is 2.45. The minimum atomic E-state index is -2.97. The molecule has 2 rings (SSSR count). The van der Waals surface area contributed by atoms with Gasteiger partial charge in [-0.25, -0.2) is 13.4 Å². The SMILES string of the molecule is CCNC(=NCc1c(CC)noc1CC)NCC1(CS(C)(=O)=O)CC1. The van der Waals surface area contributed by atoms with Crippen molar-refractivity contribution in [3.05, 3.63) is 17.0 Å². The first-order valence-corrected chi connectivity index (χ1v) is 11.0. The minimum Gasteiger partial charge on any atom is -0.361 e. The van der Waals surface area contributed by atoms with Crippen molar-refractivity contribution in [1.29, 1.82) is 0 Å². The van der Waals surface area contributed by atoms with Crippen molar-refractivity contribution < 1.29 is 12.9 Å². The van der Waals surface area contributed by atoms with E-state index >= 15 is 0 Å². The number of nitrogens with one attached hydrogen (secondary N) is 2. The van der Waals surface area contributed by atoms with E-state index in [0.29, 0.717) is 19.0 Å². The van der Waals surface area contributed by atoms with Gasteiger partial charge in [0.1, 0.15) is 15.6 Å². The zero-order chi connectivity index (χ0) is 18.5. The van der Waals surface area contributed by atoms with Crippen LogP contribution in [0.1, 0.15) is 50.6 Å². The lowest BCUT2D eigenvalue weighted by atomic mass is 10.1. The van der Waals surface area contributed by atoms with Crippen molar-refractivity contribution in [2.24, 2.45) is 10.4 Å². The van der Waals surface area contributed by atoms with Crippen LogP contribution in [0.5, 0.6) is 0 Å². The van der Waals surface area contributed by atoms with Gasteiger partial charge < -0.3 is 15.2 Å². The van der Waals surface area contributed by atoms with Crippen molar-refractivity contribution >= 4 is 15.8 Å². The number of guanidine groups is 1. The molecule has 0 radical (unpaired) electrons. The summed E-state index contributed by atoms with van der Waals surface area (Å²) in [5, 5.41) is 10.6. The van der Waals surface area contributed by atoms with Gasteiger partial charge in [0.15, 0.2) is 5.96 Å². The molecule has 1 heterocycles. The smallest absolute Gasteiger partial charge is 0.191 e. The van der Waals surface area contributed by atoms with E-state index < -0.39 is 9.84 Å². The van der Waals surface area contributed by atoms with Crippen molar-refractivity contribution in [3.63, 3.8) is 0 Å². The summed E-state index contributed by atoms with van der Waals surface area (Å²) < 4.78 is 28.6. The van der Waals surface area contributed by atoms with Gasteiger partial charge in [0.25, 0.3) is 0 Å². The van der Waals surface area contributed by atoms with Gasteiger partial charge >= 0.3 is 0 Å². The largest absolute Gasteiger partial charge is 0.361 e. The van der Waals surface area contributed by atoms with Crippen LogP contribution in [-0.2, 0) is 29.2 Å². The molecule has 1 fully saturated rings. The molecule has 1 aromatic rings. The molecule has 1 aliphatic rings. The molecule has 142 valence electrons. The summed E-state index contributed by atoms with van der Waals surface area (Å²) in [6.45, 7) is 7.97. The lowest BCUT2D eigenvalue weighted by molar-refractivity contribution is 0.380. The first-order valence-electron chi connectivity index (χ1n) is 8.98. The van der Waals surface area contributed by atoms with E-state index in [0.717, 1.165) is 49.2 Å². The molecule has 1 aliphatic carbocycles. The number of aliphatic imine (C=N–C) groups is 1. The highest BCUT2D eigenvalue weighted by atomic mass is 32.2. The molecule has 0 spiro atoms. The maximum absolute atomic E-state index is 11.6. The summed E-state index contributed by atoms with van der Waals surface area (Å²) in [6.07, 6.45) is 4.79. The van der Waals surface area contributed by atoms with Gasteiger partial charge in [0.2, 0.25) is 0 Å². The third-order valence-corrected chi connectivity index (χ3v) is 5.64. The van der Waals surface area contributed by atoms with Gasteiger partial charge in [-0.05, 0) is 26.2 Å². The topological polar surface area (TPSA) is 96.6 Å². The Hall–Kier alpha value is -1.57. The van der Waals surface area contributed by atoms with Crippen LogP contribution in [0.25, 0.3) is 0 Å². The van der Waals surface area contributed by atoms with Crippen molar-refractivity contribution in [2.75, 3.05) is 25.1 Å². The molecule has 7 nitrogen and oxygen atoms in total. The fraction of sp³-hybridized carbons (Fsp3) is 0.765. The van der Waals surface area contributed by atoms with E-state index in [1.54, 1.807) is 0 Å². The number of aromatic nitrogens is 1. The molecule has 1 saturated carbocycles. The number of hydrogen-bond acceptors (Lipinski definition) is 5. The maximum atomic E-state index is 11.6. The van der Waals surface area contributed by atoms with Crippen LogP contribution in [0.4, 0.5) is 0 Å². The summed E-state index contributed by atoms with van der Waals surface area (Å²) in [5.41, 5.74) is 1.87. The molecule has 0 aromatic carbocycles. The Morgan fingerprint density at radius 1 is 1.24 bits per heavy atom. The summed E-state index contributed by atoms with van der Waals surface area (Å²) in [7, 11) is -2.97. The summed E-state index contributed by atoms with van der Waals surface area (Å²) in [5.74, 6) is 1.82. The molecule has 0 aliphatic heterocycles. The summed E-state index contributed by atoms with van der Waals surface area (Å²) in [6, 6.07) is 0. The molecule has 0 saturated heterocycles. The Balaban J connectivity index is 2.03. The zero-order valence-corrected chi connectivity index (χ0v) is 16.5. The lowest BCUT2D eigenvalue weighted by Crippen LogP contribution is -2.41. The predicted molar refractivity (Wildman–Crippen MR) is 99.5 cm³/mol. The van der Waals surface area contributed by atoms with Gasteiger partial charge in [-0.2, -0.15) is 0 Å². The summed E-state index contributed by atoms with van der Waals surface area (Å²) >= 11 is 0. The summed E-state index contributed by atoms with van der Waals surface area (Å²) in [4.78, 5) is 4.65. The molecule has 0 unspecified atom stereocenters. The Kier molecular flexibility index (Phi) is 6.48. The van der Waals surface area contributed by atoms with Crippen LogP contribution in [0.3, 0.4) is 0 Å². The molecule has 8 heteroatoms. The van der Waals surface area contributed by atoms with Crippen molar-refractivity contribution in [2.45, 2.75) is 53.0 Å². The Morgan fingerprint density at radius 2 is 1.96 bits per heavy atom. The van der Waals surface area contributed by atoms with E-state index in [2.05, 4.69) is 27.7 Å². The number of hydrogen-bond donors (Lipinski definition) is 2. The van der Waals surface area contributed by atoms with E-state index in [9.17, 15) is 8.42 Å². The molecular weight excluding hydrogens is 340 g/mol. The van der Waals surface area contributed by atoms with Gasteiger partial charge in [0, 0.05) is 36.7 Å². The second-order valence-electron chi connectivity index (χ2n) is 6.86. The molecule has 25 heavy (non-hydrogen) atoms. The number of aryl methyl sites for hydroxylation is 2. The molecule has 1 aromatic heterocycles. The van der Waals surface area contributed by atoms with Gasteiger partial charge in [0.05, 0.1) is 18.0 Å². The third-order valence-electron chi connectivity index (χ3n) is 4.50. The van der Waals surface area contributed by atoms with E-state index in [1.807, 2.05) is 13.8 Å². The first-order chi connectivity index (χ1) is 11.8. The normalized spacial score (nSPS) is 16.7. The predicted octanol–water partition coefficient (Wildman–Crippen LogP) is 1.68. The van der Waals surface area contributed by atoms with Crippen molar-refractivity contribution in [1.82, 2.24) is 15.8 Å². The van der Waals surface area contributed by atoms with Gasteiger partial charge in [-0.1, -0.05) is 19.0 Å². The third kappa shape index (κ3) is 5.73. The van der Waals surface area contributed by atoms with Crippen molar-refractivity contribution in [3.8, 4) is 0 Å². The van der Waals surface area contributed by atoms with E-state index in [4.69, 9.17) is 4.52 Å². The minimum absolute atomic E-state index is 0.135. The van der Waals surface area contributed by atoms with Crippen LogP contribution in [-0.4, -0.2) is 44.6 Å². The van der Waals surface area contributed by atoms with Gasteiger partial charge in [-0.15, -0.1) is 0 Å². The molecule has 0 atom stereocenters.